The van der Waals surface area contributed by atoms with E-state index in [1.54, 1.807) is 32.4 Å². The first-order chi connectivity index (χ1) is 14.0. The van der Waals surface area contributed by atoms with Gasteiger partial charge in [-0.1, -0.05) is 29.5 Å². The van der Waals surface area contributed by atoms with Crippen LogP contribution in [-0.2, 0) is 17.8 Å². The number of nitrogens with zero attached hydrogens (tertiary/aromatic N) is 3. The van der Waals surface area contributed by atoms with Crippen molar-refractivity contribution in [3.63, 3.8) is 0 Å². The molecule has 150 valence electrons. The largest absolute Gasteiger partial charge is 0.493 e. The van der Waals surface area contributed by atoms with Crippen LogP contribution in [0.5, 0.6) is 11.5 Å². The summed E-state index contributed by atoms with van der Waals surface area (Å²) in [5, 5.41) is 10.7. The highest BCUT2D eigenvalue weighted by atomic mass is 32.1. The van der Waals surface area contributed by atoms with Gasteiger partial charge in [0, 0.05) is 30.8 Å². The van der Waals surface area contributed by atoms with Gasteiger partial charge in [-0.25, -0.2) is 0 Å². The van der Waals surface area contributed by atoms with Crippen molar-refractivity contribution < 1.29 is 19.2 Å². The fourth-order valence-electron chi connectivity index (χ4n) is 2.84. The first kappa shape index (κ1) is 20.3. The number of non-ortho nitro benzene ring substituents is 1. The summed E-state index contributed by atoms with van der Waals surface area (Å²) >= 11 is 1.36. The molecule has 2 aromatic carbocycles. The molecule has 8 nitrogen and oxygen atoms in total. The van der Waals surface area contributed by atoms with Crippen LogP contribution in [0.15, 0.2) is 54.0 Å². The molecule has 9 heteroatoms. The number of methoxy groups -OCH3 is 2. The van der Waals surface area contributed by atoms with Crippen LogP contribution in [0, 0.1) is 10.1 Å². The molecule has 0 radical (unpaired) electrons. The van der Waals surface area contributed by atoms with E-state index in [2.05, 4.69) is 11.6 Å². The van der Waals surface area contributed by atoms with Crippen molar-refractivity contribution in [1.82, 2.24) is 4.57 Å². The molecule has 1 heterocycles. The highest BCUT2D eigenvalue weighted by Crippen LogP contribution is 2.33. The molecule has 1 aromatic heterocycles. The first-order valence-corrected chi connectivity index (χ1v) is 9.45. The van der Waals surface area contributed by atoms with Gasteiger partial charge in [-0.15, -0.1) is 6.58 Å². The molecule has 0 unspecified atom stereocenters. The Bertz CT molecular complexity index is 1150. The molecule has 0 fully saturated rings. The monoisotopic (exact) mass is 413 g/mol. The maximum atomic E-state index is 12.5. The second kappa shape index (κ2) is 8.70. The lowest BCUT2D eigenvalue weighted by Crippen LogP contribution is -2.17. The van der Waals surface area contributed by atoms with Crippen LogP contribution in [0.2, 0.25) is 0 Å². The molecule has 3 aromatic rings. The van der Waals surface area contributed by atoms with Crippen molar-refractivity contribution in [3.8, 4) is 11.5 Å². The normalized spacial score (nSPS) is 11.4. The van der Waals surface area contributed by atoms with E-state index in [4.69, 9.17) is 9.47 Å². The van der Waals surface area contributed by atoms with Crippen molar-refractivity contribution in [1.29, 1.82) is 0 Å². The summed E-state index contributed by atoms with van der Waals surface area (Å²) in [6.45, 7) is 4.25. The van der Waals surface area contributed by atoms with Crippen LogP contribution < -0.4 is 14.3 Å². The van der Waals surface area contributed by atoms with Gasteiger partial charge in [-0.05, 0) is 5.56 Å². The number of hydrogen-bond acceptors (Lipinski definition) is 6. The van der Waals surface area contributed by atoms with Gasteiger partial charge in [0.15, 0.2) is 16.3 Å². The Balaban J connectivity index is 1.99. The maximum Gasteiger partial charge on any atom is 0.269 e. The summed E-state index contributed by atoms with van der Waals surface area (Å²) in [5.74, 6) is 0.831. The van der Waals surface area contributed by atoms with Crippen LogP contribution in [0.4, 0.5) is 5.69 Å². The quantitative estimate of drug-likeness (QED) is 0.336. The van der Waals surface area contributed by atoms with Gasteiger partial charge < -0.3 is 14.0 Å². The van der Waals surface area contributed by atoms with E-state index in [-0.39, 0.29) is 18.0 Å². The van der Waals surface area contributed by atoms with Crippen molar-refractivity contribution in [2.45, 2.75) is 13.0 Å². The number of allylic oxidation sites excluding steroid dienone is 1. The van der Waals surface area contributed by atoms with Crippen LogP contribution in [0.25, 0.3) is 10.2 Å². The van der Waals surface area contributed by atoms with Crippen molar-refractivity contribution in [2.75, 3.05) is 14.2 Å². The predicted octanol–water partition coefficient (Wildman–Crippen LogP) is 3.48. The summed E-state index contributed by atoms with van der Waals surface area (Å²) in [6.07, 6.45) is 1.77. The molecular formula is C20H19N3O5S. The molecule has 3 rings (SSSR count). The fraction of sp³-hybridized carbons (Fsp3) is 0.200. The summed E-state index contributed by atoms with van der Waals surface area (Å²) in [6, 6.07) is 9.55. The number of aromatic nitrogens is 1. The zero-order valence-electron chi connectivity index (χ0n) is 16.0. The molecule has 29 heavy (non-hydrogen) atoms. The number of amides is 1. The average molecular weight is 413 g/mol. The third kappa shape index (κ3) is 4.35. The lowest BCUT2D eigenvalue weighted by Gasteiger charge is -2.08. The number of benzene rings is 2. The van der Waals surface area contributed by atoms with Gasteiger partial charge in [-0.2, -0.15) is 4.99 Å². The third-order valence-electron chi connectivity index (χ3n) is 4.22. The molecular weight excluding hydrogens is 394 g/mol. The molecule has 0 aliphatic rings. The standard InChI is InChI=1S/C20H19N3O5S/c1-4-9-22-15-11-16(27-2)17(28-3)12-18(15)29-20(22)21-19(24)10-13-5-7-14(8-6-13)23(25)26/h4-8,11-12H,1,9-10H2,2-3H3. The van der Waals surface area contributed by atoms with Gasteiger partial charge in [0.2, 0.25) is 0 Å². The van der Waals surface area contributed by atoms with Crippen molar-refractivity contribution >= 4 is 33.1 Å². The number of hydrogen-bond donors (Lipinski definition) is 0. The molecule has 1 amide bonds. The molecule has 0 spiro atoms. The summed E-state index contributed by atoms with van der Waals surface area (Å²) in [4.78, 5) is 27.6. The number of ether oxygens (including phenoxy) is 2. The first-order valence-electron chi connectivity index (χ1n) is 8.64. The van der Waals surface area contributed by atoms with E-state index in [0.717, 1.165) is 10.2 Å². The molecule has 0 atom stereocenters. The number of fused-ring (bicyclic) bond motifs is 1. The highest BCUT2D eigenvalue weighted by molar-refractivity contribution is 7.16. The second-order valence-electron chi connectivity index (χ2n) is 6.06. The van der Waals surface area contributed by atoms with Crippen LogP contribution in [0.3, 0.4) is 0 Å². The van der Waals surface area contributed by atoms with E-state index in [1.807, 2.05) is 16.7 Å². The Morgan fingerprint density at radius 3 is 2.48 bits per heavy atom. The number of nitro benzene ring substituents is 1. The van der Waals surface area contributed by atoms with Gasteiger partial charge in [0.1, 0.15) is 0 Å². The lowest BCUT2D eigenvalue weighted by atomic mass is 10.1. The maximum absolute atomic E-state index is 12.5. The smallest absolute Gasteiger partial charge is 0.269 e. The summed E-state index contributed by atoms with van der Waals surface area (Å²) in [5.41, 5.74) is 1.49. The van der Waals surface area contributed by atoms with Gasteiger partial charge in [-0.3, -0.25) is 14.9 Å². The topological polar surface area (TPSA) is 96.0 Å². The average Bonchev–Trinajstić information content (AvgIpc) is 3.03. The third-order valence-corrected chi connectivity index (χ3v) is 5.26. The molecule has 0 saturated carbocycles. The van der Waals surface area contributed by atoms with Crippen LogP contribution in [-0.4, -0.2) is 29.6 Å². The molecule has 0 N–H and O–H groups in total. The Labute approximate surface area is 170 Å². The van der Waals surface area contributed by atoms with Gasteiger partial charge >= 0.3 is 0 Å². The Hall–Kier alpha value is -3.46. The Morgan fingerprint density at radius 2 is 1.90 bits per heavy atom. The van der Waals surface area contributed by atoms with Gasteiger partial charge in [0.05, 0.1) is 35.8 Å². The zero-order valence-corrected chi connectivity index (χ0v) is 16.8. The Kier molecular flexibility index (Phi) is 6.08. The predicted molar refractivity (Wildman–Crippen MR) is 110 cm³/mol. The second-order valence-corrected chi connectivity index (χ2v) is 7.07. The minimum absolute atomic E-state index is 0.0191. The molecule has 0 saturated heterocycles. The van der Waals surface area contributed by atoms with Crippen molar-refractivity contribution in [2.24, 2.45) is 4.99 Å². The van der Waals surface area contributed by atoms with E-state index in [1.165, 1.54) is 23.5 Å². The van der Waals surface area contributed by atoms with Crippen LogP contribution in [0.1, 0.15) is 5.56 Å². The van der Waals surface area contributed by atoms with E-state index < -0.39 is 4.92 Å². The Morgan fingerprint density at radius 1 is 1.24 bits per heavy atom. The number of nitro groups is 1. The number of carbonyl (C=O) groups excluding carboxylic acids is 1. The number of rotatable bonds is 7. The summed E-state index contributed by atoms with van der Waals surface area (Å²) in [7, 11) is 3.13. The molecule has 0 aliphatic carbocycles. The highest BCUT2D eigenvalue weighted by Gasteiger charge is 2.13. The van der Waals surface area contributed by atoms with Gasteiger partial charge in [0.25, 0.3) is 11.6 Å². The molecule has 0 aliphatic heterocycles. The SMILES string of the molecule is C=CCn1c(=NC(=O)Cc2ccc([N+](=O)[O-])cc2)sc2cc(OC)c(OC)cc21. The number of thiazole rings is 1. The van der Waals surface area contributed by atoms with E-state index in [0.29, 0.717) is 28.4 Å². The summed E-state index contributed by atoms with van der Waals surface area (Å²) < 4.78 is 13.5. The zero-order chi connectivity index (χ0) is 21.0. The van der Waals surface area contributed by atoms with E-state index >= 15 is 0 Å². The minimum Gasteiger partial charge on any atom is -0.493 e. The number of carbonyl (C=O) groups is 1. The van der Waals surface area contributed by atoms with Crippen LogP contribution >= 0.6 is 11.3 Å². The lowest BCUT2D eigenvalue weighted by molar-refractivity contribution is -0.384. The molecule has 0 bridgehead atoms. The van der Waals surface area contributed by atoms with Crippen molar-refractivity contribution in [3.05, 3.63) is 69.5 Å². The minimum atomic E-state index is -0.478. The fourth-order valence-corrected chi connectivity index (χ4v) is 3.91. The van der Waals surface area contributed by atoms with E-state index in [9.17, 15) is 14.9 Å².